The van der Waals surface area contributed by atoms with Crippen LogP contribution in [0.4, 0.5) is 0 Å². The molecule has 0 radical (unpaired) electrons. The number of fused-ring (bicyclic) bond motifs is 1. The summed E-state index contributed by atoms with van der Waals surface area (Å²) in [7, 11) is 2.05. The Balaban J connectivity index is 0.00000208. The van der Waals surface area contributed by atoms with E-state index in [-0.39, 0.29) is 24.0 Å². The topological polar surface area (TPSA) is 60.8 Å². The minimum absolute atomic E-state index is 0. The highest BCUT2D eigenvalue weighted by Gasteiger charge is 2.34. The standard InChI is InChI=1S/C17H28N4OS.HI/c1-3-18-16(19-12-17(22)9-6-10-17)21(2)11-15-20-13-7-4-5-8-14(13)23-15;/h22H,3-12H2,1-2H3,(H,18,19);1H. The van der Waals surface area contributed by atoms with Gasteiger partial charge in [-0.25, -0.2) is 4.98 Å². The number of hydrogen-bond acceptors (Lipinski definition) is 4. The van der Waals surface area contributed by atoms with E-state index >= 15 is 0 Å². The highest BCUT2D eigenvalue weighted by atomic mass is 127. The first kappa shape index (κ1) is 19.9. The lowest BCUT2D eigenvalue weighted by Gasteiger charge is -2.35. The summed E-state index contributed by atoms with van der Waals surface area (Å²) in [5, 5.41) is 14.7. The third kappa shape index (κ3) is 4.82. The van der Waals surface area contributed by atoms with Gasteiger partial charge in [0.1, 0.15) is 5.01 Å². The number of aliphatic hydroxyl groups is 1. The second kappa shape index (κ2) is 8.80. The second-order valence-corrected chi connectivity index (χ2v) is 7.96. The van der Waals surface area contributed by atoms with E-state index < -0.39 is 5.60 Å². The van der Waals surface area contributed by atoms with Gasteiger partial charge < -0.3 is 15.3 Å². The van der Waals surface area contributed by atoms with Crippen molar-refractivity contribution in [1.29, 1.82) is 0 Å². The molecule has 0 aliphatic heterocycles. The maximum atomic E-state index is 10.2. The van der Waals surface area contributed by atoms with E-state index in [0.29, 0.717) is 6.54 Å². The molecule has 0 aromatic carbocycles. The Morgan fingerprint density at radius 2 is 2.08 bits per heavy atom. The summed E-state index contributed by atoms with van der Waals surface area (Å²) >= 11 is 1.85. The molecule has 0 amide bonds. The van der Waals surface area contributed by atoms with Crippen LogP contribution in [0.3, 0.4) is 0 Å². The highest BCUT2D eigenvalue weighted by Crippen LogP contribution is 2.31. The summed E-state index contributed by atoms with van der Waals surface area (Å²) in [6.07, 6.45) is 7.76. The van der Waals surface area contributed by atoms with E-state index in [2.05, 4.69) is 22.1 Å². The van der Waals surface area contributed by atoms with Crippen molar-refractivity contribution in [2.24, 2.45) is 4.99 Å². The number of rotatable bonds is 5. The second-order valence-electron chi connectivity index (χ2n) is 6.79. The summed E-state index contributed by atoms with van der Waals surface area (Å²) in [6.45, 7) is 4.18. The lowest BCUT2D eigenvalue weighted by molar-refractivity contribution is -0.0237. The fraction of sp³-hybridized carbons (Fsp3) is 0.765. The van der Waals surface area contributed by atoms with Gasteiger partial charge in [0, 0.05) is 18.5 Å². The molecular weight excluding hydrogens is 435 g/mol. The van der Waals surface area contributed by atoms with Gasteiger partial charge in [0.25, 0.3) is 0 Å². The van der Waals surface area contributed by atoms with Crippen LogP contribution in [0.1, 0.15) is 54.6 Å². The Bertz CT molecular complexity index is 547. The van der Waals surface area contributed by atoms with Gasteiger partial charge in [0.05, 0.1) is 24.4 Å². The van der Waals surface area contributed by atoms with Gasteiger partial charge in [0.2, 0.25) is 0 Å². The predicted molar refractivity (Wildman–Crippen MR) is 110 cm³/mol. The molecule has 1 heterocycles. The number of nitrogens with one attached hydrogen (secondary N) is 1. The molecule has 2 aliphatic rings. The van der Waals surface area contributed by atoms with Gasteiger partial charge in [-0.3, -0.25) is 4.99 Å². The molecule has 136 valence electrons. The zero-order valence-corrected chi connectivity index (χ0v) is 17.8. The number of hydrogen-bond donors (Lipinski definition) is 2. The Labute approximate surface area is 166 Å². The predicted octanol–water partition coefficient (Wildman–Crippen LogP) is 2.95. The van der Waals surface area contributed by atoms with E-state index in [1.54, 1.807) is 0 Å². The van der Waals surface area contributed by atoms with E-state index in [4.69, 9.17) is 4.98 Å². The number of aliphatic imine (C=N–C) groups is 1. The minimum atomic E-state index is -0.568. The van der Waals surface area contributed by atoms with Crippen molar-refractivity contribution < 1.29 is 5.11 Å². The van der Waals surface area contributed by atoms with Crippen LogP contribution >= 0.6 is 35.3 Å². The molecule has 2 N–H and O–H groups in total. The van der Waals surface area contributed by atoms with Crippen LogP contribution in [0.15, 0.2) is 4.99 Å². The van der Waals surface area contributed by atoms with Gasteiger partial charge in [0.15, 0.2) is 5.96 Å². The zero-order valence-electron chi connectivity index (χ0n) is 14.7. The number of thiazole rings is 1. The molecule has 0 bridgehead atoms. The minimum Gasteiger partial charge on any atom is -0.388 e. The van der Waals surface area contributed by atoms with Gasteiger partial charge in [-0.05, 0) is 51.9 Å². The van der Waals surface area contributed by atoms with E-state index in [1.807, 2.05) is 18.4 Å². The van der Waals surface area contributed by atoms with Gasteiger partial charge in [-0.2, -0.15) is 0 Å². The van der Waals surface area contributed by atoms with Crippen LogP contribution < -0.4 is 5.32 Å². The molecule has 3 rings (SSSR count). The fourth-order valence-electron chi connectivity index (χ4n) is 3.19. The average Bonchev–Trinajstić information content (AvgIpc) is 2.91. The summed E-state index contributed by atoms with van der Waals surface area (Å²) in [4.78, 5) is 13.1. The van der Waals surface area contributed by atoms with Crippen molar-refractivity contribution in [2.75, 3.05) is 20.1 Å². The van der Waals surface area contributed by atoms with E-state index in [9.17, 15) is 5.11 Å². The third-order valence-electron chi connectivity index (χ3n) is 4.77. The Morgan fingerprint density at radius 3 is 2.71 bits per heavy atom. The highest BCUT2D eigenvalue weighted by molar-refractivity contribution is 14.0. The number of guanidine groups is 1. The molecule has 0 saturated heterocycles. The smallest absolute Gasteiger partial charge is 0.194 e. The Kier molecular flexibility index (Phi) is 7.30. The van der Waals surface area contributed by atoms with Crippen molar-refractivity contribution in [1.82, 2.24) is 15.2 Å². The number of aryl methyl sites for hydroxylation is 2. The lowest BCUT2D eigenvalue weighted by atomic mass is 9.80. The molecule has 1 saturated carbocycles. The molecule has 0 atom stereocenters. The van der Waals surface area contributed by atoms with Gasteiger partial charge in [-0.15, -0.1) is 35.3 Å². The summed E-state index contributed by atoms with van der Waals surface area (Å²) < 4.78 is 0. The van der Waals surface area contributed by atoms with Crippen LogP contribution in [0, 0.1) is 0 Å². The maximum absolute atomic E-state index is 10.2. The van der Waals surface area contributed by atoms with Crippen LogP contribution in [0.2, 0.25) is 0 Å². The number of nitrogens with zero attached hydrogens (tertiary/aromatic N) is 3. The van der Waals surface area contributed by atoms with Crippen molar-refractivity contribution in [3.63, 3.8) is 0 Å². The zero-order chi connectivity index (χ0) is 16.3. The van der Waals surface area contributed by atoms with Gasteiger partial charge >= 0.3 is 0 Å². The molecule has 0 unspecified atom stereocenters. The molecule has 5 nitrogen and oxygen atoms in total. The fourth-order valence-corrected chi connectivity index (χ4v) is 4.40. The van der Waals surface area contributed by atoms with Crippen LogP contribution in [-0.2, 0) is 19.4 Å². The van der Waals surface area contributed by atoms with Crippen LogP contribution in [-0.4, -0.2) is 46.7 Å². The first-order valence-corrected chi connectivity index (χ1v) is 9.60. The average molecular weight is 464 g/mol. The summed E-state index contributed by atoms with van der Waals surface area (Å²) in [5.74, 6) is 0.862. The Morgan fingerprint density at radius 1 is 1.33 bits per heavy atom. The van der Waals surface area contributed by atoms with Crippen molar-refractivity contribution in [3.05, 3.63) is 15.6 Å². The number of halogens is 1. The van der Waals surface area contributed by atoms with Crippen LogP contribution in [0.5, 0.6) is 0 Å². The third-order valence-corrected chi connectivity index (χ3v) is 5.91. The first-order chi connectivity index (χ1) is 11.1. The normalized spacial score (nSPS) is 19.0. The molecule has 2 aliphatic carbocycles. The van der Waals surface area contributed by atoms with Crippen molar-refractivity contribution in [3.8, 4) is 0 Å². The molecule has 24 heavy (non-hydrogen) atoms. The molecular formula is C17H29IN4OS. The quantitative estimate of drug-likeness (QED) is 0.400. The molecule has 0 spiro atoms. The molecule has 7 heteroatoms. The molecule has 1 aromatic heterocycles. The van der Waals surface area contributed by atoms with Crippen LogP contribution in [0.25, 0.3) is 0 Å². The first-order valence-electron chi connectivity index (χ1n) is 8.79. The van der Waals surface area contributed by atoms with Crippen molar-refractivity contribution in [2.45, 2.75) is 64.0 Å². The van der Waals surface area contributed by atoms with E-state index in [1.165, 1.54) is 34.8 Å². The summed E-state index contributed by atoms with van der Waals surface area (Å²) in [5.41, 5.74) is 0.747. The van der Waals surface area contributed by atoms with E-state index in [0.717, 1.165) is 44.7 Å². The van der Waals surface area contributed by atoms with Crippen molar-refractivity contribution >= 4 is 41.3 Å². The summed E-state index contributed by atoms with van der Waals surface area (Å²) in [6, 6.07) is 0. The molecule has 1 fully saturated rings. The number of aromatic nitrogens is 1. The lowest BCUT2D eigenvalue weighted by Crippen LogP contribution is -2.43. The Hall–Kier alpha value is -0.410. The van der Waals surface area contributed by atoms with Gasteiger partial charge in [-0.1, -0.05) is 0 Å². The molecule has 1 aromatic rings. The maximum Gasteiger partial charge on any atom is 0.194 e. The largest absolute Gasteiger partial charge is 0.388 e. The monoisotopic (exact) mass is 464 g/mol. The SMILES string of the molecule is CCNC(=NCC1(O)CCC1)N(C)Cc1nc2c(s1)CCCC2.I.